The van der Waals surface area contributed by atoms with Gasteiger partial charge in [-0.2, -0.15) is 0 Å². The summed E-state index contributed by atoms with van der Waals surface area (Å²) in [5.41, 5.74) is 3.87. The number of nitrogens with zero attached hydrogens (tertiary/aromatic N) is 1. The summed E-state index contributed by atoms with van der Waals surface area (Å²) in [6, 6.07) is 11.7. The summed E-state index contributed by atoms with van der Waals surface area (Å²) in [5, 5.41) is 2.09. The van der Waals surface area contributed by atoms with Gasteiger partial charge >= 0.3 is 0 Å². The second-order valence-electron chi connectivity index (χ2n) is 4.42. The molecule has 0 unspecified atom stereocenters. The molecule has 19 heavy (non-hydrogen) atoms. The first kappa shape index (κ1) is 13.7. The topological polar surface area (TPSA) is 58.4 Å². The summed E-state index contributed by atoms with van der Waals surface area (Å²) in [5.74, 6) is 4.83. The van der Waals surface area contributed by atoms with Gasteiger partial charge in [-0.25, -0.2) is 5.84 Å². The van der Waals surface area contributed by atoms with E-state index in [1.165, 1.54) is 10.4 Å². The molecule has 2 aromatic rings. The fourth-order valence-electron chi connectivity index (χ4n) is 1.88. The zero-order valence-electron chi connectivity index (χ0n) is 10.8. The molecule has 1 aromatic carbocycles. The lowest BCUT2D eigenvalue weighted by Crippen LogP contribution is -2.29. The number of nitrogens with two attached hydrogens (primary N) is 1. The zero-order valence-corrected chi connectivity index (χ0v) is 11.6. The number of nitrogen functional groups attached to an aromatic ring is 1. The molecule has 0 saturated heterocycles. The van der Waals surface area contributed by atoms with Crippen LogP contribution in [-0.4, -0.2) is 17.9 Å². The molecule has 0 bridgehead atoms. The summed E-state index contributed by atoms with van der Waals surface area (Å²) >= 11 is 1.76. The first-order valence-electron chi connectivity index (χ1n) is 6.00. The van der Waals surface area contributed by atoms with Gasteiger partial charge in [-0.15, -0.1) is 11.3 Å². The quantitative estimate of drug-likeness (QED) is 0.498. The second kappa shape index (κ2) is 6.47. The molecule has 0 saturated carbocycles. The Morgan fingerprint density at radius 1 is 1.26 bits per heavy atom. The first-order chi connectivity index (χ1) is 9.19. The molecule has 0 aliphatic carbocycles. The summed E-state index contributed by atoms with van der Waals surface area (Å²) in [6.45, 7) is 1.78. The lowest BCUT2D eigenvalue weighted by atomic mass is 10.1. The van der Waals surface area contributed by atoms with Crippen LogP contribution in [0.2, 0.25) is 0 Å². The number of carbonyl (C=O) groups excluding carboxylic acids is 1. The standard InChI is InChI=1S/C14H17N3OS/c1-17(10-13-3-2-8-19-13)9-11-4-6-12(7-5-11)14(18)16-15/h2-8H,9-10,15H2,1H3,(H,16,18). The minimum Gasteiger partial charge on any atom is -0.297 e. The van der Waals surface area contributed by atoms with E-state index >= 15 is 0 Å². The third kappa shape index (κ3) is 3.89. The van der Waals surface area contributed by atoms with E-state index in [1.54, 1.807) is 23.5 Å². The lowest BCUT2D eigenvalue weighted by Gasteiger charge is -2.15. The zero-order chi connectivity index (χ0) is 13.7. The van der Waals surface area contributed by atoms with E-state index in [0.29, 0.717) is 5.56 Å². The molecule has 0 aliphatic heterocycles. The molecule has 1 heterocycles. The summed E-state index contributed by atoms with van der Waals surface area (Å²) < 4.78 is 0. The molecule has 0 atom stereocenters. The molecule has 1 amide bonds. The van der Waals surface area contributed by atoms with Crippen LogP contribution < -0.4 is 11.3 Å². The van der Waals surface area contributed by atoms with Crippen molar-refractivity contribution in [1.82, 2.24) is 10.3 Å². The SMILES string of the molecule is CN(Cc1ccc(C(=O)NN)cc1)Cc1cccs1. The van der Waals surface area contributed by atoms with E-state index in [-0.39, 0.29) is 5.91 Å². The van der Waals surface area contributed by atoms with Crippen molar-refractivity contribution in [1.29, 1.82) is 0 Å². The smallest absolute Gasteiger partial charge is 0.265 e. The van der Waals surface area contributed by atoms with Crippen molar-refractivity contribution in [3.05, 3.63) is 57.8 Å². The highest BCUT2D eigenvalue weighted by atomic mass is 32.1. The number of thiophene rings is 1. The van der Waals surface area contributed by atoms with Crippen LogP contribution >= 0.6 is 11.3 Å². The number of amides is 1. The van der Waals surface area contributed by atoms with Crippen LogP contribution in [0.3, 0.4) is 0 Å². The van der Waals surface area contributed by atoms with Crippen molar-refractivity contribution in [2.75, 3.05) is 7.05 Å². The van der Waals surface area contributed by atoms with Crippen molar-refractivity contribution < 1.29 is 4.79 Å². The maximum Gasteiger partial charge on any atom is 0.265 e. The molecule has 2 rings (SSSR count). The Hall–Kier alpha value is -1.69. The van der Waals surface area contributed by atoms with Gasteiger partial charge in [0.25, 0.3) is 5.91 Å². The van der Waals surface area contributed by atoms with Crippen LogP contribution in [0.4, 0.5) is 0 Å². The fraction of sp³-hybridized carbons (Fsp3) is 0.214. The van der Waals surface area contributed by atoms with Crippen LogP contribution in [-0.2, 0) is 13.1 Å². The Morgan fingerprint density at radius 3 is 2.58 bits per heavy atom. The lowest BCUT2D eigenvalue weighted by molar-refractivity contribution is 0.0953. The number of hydrazine groups is 1. The molecule has 1 aromatic heterocycles. The summed E-state index contributed by atoms with van der Waals surface area (Å²) in [7, 11) is 2.08. The van der Waals surface area contributed by atoms with Crippen LogP contribution in [0.5, 0.6) is 0 Å². The summed E-state index contributed by atoms with van der Waals surface area (Å²) in [4.78, 5) is 14.9. The Bertz CT molecular complexity index is 522. The summed E-state index contributed by atoms with van der Waals surface area (Å²) in [6.07, 6.45) is 0. The molecule has 0 aliphatic rings. The van der Waals surface area contributed by atoms with Crippen molar-refractivity contribution in [3.8, 4) is 0 Å². The molecule has 0 fully saturated rings. The van der Waals surface area contributed by atoms with Crippen LogP contribution in [0.25, 0.3) is 0 Å². The minimum atomic E-state index is -0.265. The van der Waals surface area contributed by atoms with Gasteiger partial charge in [0.05, 0.1) is 0 Å². The molecule has 5 heteroatoms. The molecule has 100 valence electrons. The number of hydrogen-bond acceptors (Lipinski definition) is 4. The predicted octanol–water partition coefficient (Wildman–Crippen LogP) is 1.98. The van der Waals surface area contributed by atoms with Crippen LogP contribution in [0, 0.1) is 0 Å². The Morgan fingerprint density at radius 2 is 2.00 bits per heavy atom. The van der Waals surface area contributed by atoms with E-state index in [4.69, 9.17) is 5.84 Å². The monoisotopic (exact) mass is 275 g/mol. The number of benzene rings is 1. The molecule has 0 radical (unpaired) electrons. The van der Waals surface area contributed by atoms with E-state index in [0.717, 1.165) is 13.1 Å². The molecule has 0 spiro atoms. The van der Waals surface area contributed by atoms with E-state index < -0.39 is 0 Å². The Kier molecular flexibility index (Phi) is 4.68. The van der Waals surface area contributed by atoms with E-state index in [1.807, 2.05) is 12.1 Å². The molecule has 4 nitrogen and oxygen atoms in total. The van der Waals surface area contributed by atoms with Crippen molar-refractivity contribution in [2.45, 2.75) is 13.1 Å². The average Bonchev–Trinajstić information content (AvgIpc) is 2.91. The highest BCUT2D eigenvalue weighted by molar-refractivity contribution is 7.09. The number of rotatable bonds is 5. The Balaban J connectivity index is 1.93. The number of nitrogens with one attached hydrogen (secondary N) is 1. The van der Waals surface area contributed by atoms with Gasteiger partial charge in [0.1, 0.15) is 0 Å². The normalized spacial score (nSPS) is 10.7. The van der Waals surface area contributed by atoms with E-state index in [2.05, 4.69) is 34.9 Å². The molecule has 3 N–H and O–H groups in total. The van der Waals surface area contributed by atoms with Gasteiger partial charge in [-0.1, -0.05) is 18.2 Å². The molecular weight excluding hydrogens is 258 g/mol. The average molecular weight is 275 g/mol. The fourth-order valence-corrected chi connectivity index (χ4v) is 2.66. The molecular formula is C14H17N3OS. The second-order valence-corrected chi connectivity index (χ2v) is 5.45. The third-order valence-corrected chi connectivity index (χ3v) is 3.67. The van der Waals surface area contributed by atoms with Gasteiger partial charge in [-0.05, 0) is 36.2 Å². The van der Waals surface area contributed by atoms with Gasteiger partial charge in [0, 0.05) is 23.5 Å². The number of hydrogen-bond donors (Lipinski definition) is 2. The van der Waals surface area contributed by atoms with Gasteiger partial charge in [0.2, 0.25) is 0 Å². The van der Waals surface area contributed by atoms with Crippen LogP contribution in [0.15, 0.2) is 41.8 Å². The highest BCUT2D eigenvalue weighted by Crippen LogP contribution is 2.13. The number of carbonyl (C=O) groups is 1. The van der Waals surface area contributed by atoms with Gasteiger partial charge < -0.3 is 0 Å². The Labute approximate surface area is 116 Å². The maximum absolute atomic E-state index is 11.3. The van der Waals surface area contributed by atoms with Gasteiger partial charge in [-0.3, -0.25) is 15.1 Å². The third-order valence-electron chi connectivity index (χ3n) is 2.81. The van der Waals surface area contributed by atoms with Crippen molar-refractivity contribution in [3.63, 3.8) is 0 Å². The van der Waals surface area contributed by atoms with Crippen molar-refractivity contribution in [2.24, 2.45) is 5.84 Å². The maximum atomic E-state index is 11.3. The van der Waals surface area contributed by atoms with Crippen molar-refractivity contribution >= 4 is 17.2 Å². The van der Waals surface area contributed by atoms with E-state index in [9.17, 15) is 4.79 Å². The van der Waals surface area contributed by atoms with Crippen LogP contribution in [0.1, 0.15) is 20.8 Å². The first-order valence-corrected chi connectivity index (χ1v) is 6.88. The van der Waals surface area contributed by atoms with Gasteiger partial charge in [0.15, 0.2) is 0 Å². The highest BCUT2D eigenvalue weighted by Gasteiger charge is 2.05. The minimum absolute atomic E-state index is 0.265. The largest absolute Gasteiger partial charge is 0.297 e. The predicted molar refractivity (Wildman–Crippen MR) is 77.6 cm³/mol.